The van der Waals surface area contributed by atoms with Crippen LogP contribution in [-0.2, 0) is 0 Å². The van der Waals surface area contributed by atoms with Crippen LogP contribution in [0.4, 0.5) is 13.2 Å². The Morgan fingerprint density at radius 1 is 1.60 bits per heavy atom. The Labute approximate surface area is 83.9 Å². The summed E-state index contributed by atoms with van der Waals surface area (Å²) in [6, 6.07) is -0.697. The lowest BCUT2D eigenvalue weighted by Gasteiger charge is -2.18. The van der Waals surface area contributed by atoms with E-state index in [0.29, 0.717) is 0 Å². The average molecular weight is 221 g/mol. The van der Waals surface area contributed by atoms with E-state index in [1.165, 1.54) is 18.4 Å². The molecule has 0 saturated carbocycles. The minimum atomic E-state index is -4.26. The first-order valence-corrected chi connectivity index (χ1v) is 4.10. The molecular formula is C8H10F3N3O. The van der Waals surface area contributed by atoms with Crippen LogP contribution in [0, 0.1) is 0 Å². The van der Waals surface area contributed by atoms with E-state index in [0.717, 1.165) is 0 Å². The number of hydrogen-bond acceptors (Lipinski definition) is 3. The summed E-state index contributed by atoms with van der Waals surface area (Å²) >= 11 is 0. The monoisotopic (exact) mass is 221 g/mol. The number of amidine groups is 1. The lowest BCUT2D eigenvalue weighted by Crippen LogP contribution is -2.38. The normalized spacial score (nSPS) is 22.2. The summed E-state index contributed by atoms with van der Waals surface area (Å²) in [6.45, 7) is 0. The van der Waals surface area contributed by atoms with Crippen LogP contribution in [0.3, 0.4) is 0 Å². The maximum absolute atomic E-state index is 12.0. The predicted molar refractivity (Wildman–Crippen MR) is 48.2 cm³/mol. The number of halogens is 3. The van der Waals surface area contributed by atoms with Crippen molar-refractivity contribution >= 4 is 5.84 Å². The maximum atomic E-state index is 12.0. The summed E-state index contributed by atoms with van der Waals surface area (Å²) < 4.78 is 36.1. The first-order valence-electron chi connectivity index (χ1n) is 4.10. The molecule has 0 aromatic carbocycles. The molecule has 0 spiro atoms. The molecule has 0 aromatic heterocycles. The van der Waals surface area contributed by atoms with Crippen molar-refractivity contribution < 1.29 is 18.4 Å². The third-order valence-corrected chi connectivity index (χ3v) is 1.79. The Balaban J connectivity index is 2.74. The molecule has 0 saturated heterocycles. The number of oxime groups is 1. The van der Waals surface area contributed by atoms with Gasteiger partial charge in [-0.25, -0.2) is 0 Å². The van der Waals surface area contributed by atoms with Gasteiger partial charge in [-0.1, -0.05) is 11.2 Å². The molecule has 0 amide bonds. The van der Waals surface area contributed by atoms with Gasteiger partial charge in [0.1, 0.15) is 6.04 Å². The van der Waals surface area contributed by atoms with E-state index >= 15 is 0 Å². The topological polar surface area (TPSA) is 70.6 Å². The quantitative estimate of drug-likeness (QED) is 0.283. The third kappa shape index (κ3) is 3.53. The van der Waals surface area contributed by atoms with Gasteiger partial charge < -0.3 is 16.3 Å². The van der Waals surface area contributed by atoms with Gasteiger partial charge in [-0.15, -0.1) is 0 Å². The molecule has 0 aliphatic carbocycles. The summed E-state index contributed by atoms with van der Waals surface area (Å²) in [7, 11) is 0. The third-order valence-electron chi connectivity index (χ3n) is 1.79. The minimum Gasteiger partial charge on any atom is -0.409 e. The fourth-order valence-corrected chi connectivity index (χ4v) is 1.16. The second-order valence-electron chi connectivity index (χ2n) is 3.04. The number of alkyl halides is 3. The smallest absolute Gasteiger partial charge is 0.393 e. The number of nitrogens with two attached hydrogens (primary N) is 1. The highest BCUT2D eigenvalue weighted by molar-refractivity contribution is 5.87. The van der Waals surface area contributed by atoms with Gasteiger partial charge in [0.25, 0.3) is 0 Å². The van der Waals surface area contributed by atoms with Crippen molar-refractivity contribution in [2.45, 2.75) is 18.6 Å². The van der Waals surface area contributed by atoms with E-state index in [9.17, 15) is 13.2 Å². The molecule has 1 aliphatic heterocycles. The largest absolute Gasteiger partial charge is 0.409 e. The number of rotatable bonds is 2. The molecule has 1 rings (SSSR count). The van der Waals surface area contributed by atoms with Crippen molar-refractivity contribution in [3.63, 3.8) is 0 Å². The SMILES string of the molecule is N/C(=N/O)C1C=C(CC(F)(F)F)C=CN1. The molecular weight excluding hydrogens is 211 g/mol. The van der Waals surface area contributed by atoms with Crippen molar-refractivity contribution in [3.05, 3.63) is 23.9 Å². The lowest BCUT2D eigenvalue weighted by molar-refractivity contribution is -0.126. The van der Waals surface area contributed by atoms with Crippen LogP contribution >= 0.6 is 0 Å². The summed E-state index contributed by atoms with van der Waals surface area (Å²) in [5.74, 6) is -0.181. The van der Waals surface area contributed by atoms with Gasteiger partial charge in [-0.05, 0) is 17.8 Å². The summed E-state index contributed by atoms with van der Waals surface area (Å²) in [5.41, 5.74) is 5.33. The van der Waals surface area contributed by atoms with Crippen molar-refractivity contribution in [1.82, 2.24) is 5.32 Å². The zero-order chi connectivity index (χ0) is 11.5. The van der Waals surface area contributed by atoms with Gasteiger partial charge in [0.2, 0.25) is 0 Å². The number of nitrogens with one attached hydrogen (secondary N) is 1. The Hall–Kier alpha value is -1.66. The molecule has 1 atom stereocenters. The van der Waals surface area contributed by atoms with Gasteiger partial charge in [0, 0.05) is 0 Å². The second kappa shape index (κ2) is 4.24. The van der Waals surface area contributed by atoms with E-state index in [-0.39, 0.29) is 11.4 Å². The Kier molecular flexibility index (Phi) is 3.23. The predicted octanol–water partition coefficient (Wildman–Crippen LogP) is 1.10. The number of dihydropyridines is 1. The Bertz CT molecular complexity index is 320. The lowest BCUT2D eigenvalue weighted by atomic mass is 10.1. The van der Waals surface area contributed by atoms with Crippen LogP contribution in [0.5, 0.6) is 0 Å². The van der Waals surface area contributed by atoms with Gasteiger partial charge in [0.15, 0.2) is 5.84 Å². The molecule has 7 heteroatoms. The van der Waals surface area contributed by atoms with E-state index in [1.54, 1.807) is 0 Å². The molecule has 15 heavy (non-hydrogen) atoms. The van der Waals surface area contributed by atoms with Crippen molar-refractivity contribution in [1.29, 1.82) is 0 Å². The molecule has 4 nitrogen and oxygen atoms in total. The minimum absolute atomic E-state index is 0.0813. The molecule has 1 unspecified atom stereocenters. The van der Waals surface area contributed by atoms with E-state index in [4.69, 9.17) is 10.9 Å². The summed E-state index contributed by atoms with van der Waals surface area (Å²) in [6.07, 6.45) is -1.38. The number of allylic oxidation sites excluding steroid dienone is 2. The van der Waals surface area contributed by atoms with Gasteiger partial charge in [-0.2, -0.15) is 13.2 Å². The van der Waals surface area contributed by atoms with Crippen molar-refractivity contribution in [2.24, 2.45) is 10.9 Å². The van der Waals surface area contributed by atoms with Gasteiger partial charge in [0.05, 0.1) is 6.42 Å². The molecule has 0 fully saturated rings. The Morgan fingerprint density at radius 3 is 2.80 bits per heavy atom. The molecule has 0 radical (unpaired) electrons. The highest BCUT2D eigenvalue weighted by Crippen LogP contribution is 2.26. The molecule has 1 aliphatic rings. The highest BCUT2D eigenvalue weighted by Gasteiger charge is 2.29. The van der Waals surface area contributed by atoms with Gasteiger partial charge >= 0.3 is 6.18 Å². The molecule has 4 N–H and O–H groups in total. The van der Waals surface area contributed by atoms with Crippen molar-refractivity contribution in [3.8, 4) is 0 Å². The van der Waals surface area contributed by atoms with Crippen LogP contribution in [0.1, 0.15) is 6.42 Å². The molecule has 84 valence electrons. The van der Waals surface area contributed by atoms with Crippen LogP contribution in [0.2, 0.25) is 0 Å². The highest BCUT2D eigenvalue weighted by atomic mass is 19.4. The van der Waals surface area contributed by atoms with Gasteiger partial charge in [-0.3, -0.25) is 0 Å². The molecule has 0 aromatic rings. The number of hydrogen-bond donors (Lipinski definition) is 3. The van der Waals surface area contributed by atoms with Crippen LogP contribution in [0.15, 0.2) is 29.1 Å². The van der Waals surface area contributed by atoms with Crippen LogP contribution in [-0.4, -0.2) is 23.3 Å². The average Bonchev–Trinajstić information content (AvgIpc) is 2.14. The van der Waals surface area contributed by atoms with E-state index in [2.05, 4.69) is 10.5 Å². The van der Waals surface area contributed by atoms with Crippen LogP contribution in [0.25, 0.3) is 0 Å². The van der Waals surface area contributed by atoms with E-state index < -0.39 is 18.6 Å². The zero-order valence-corrected chi connectivity index (χ0v) is 7.62. The number of nitrogens with zero attached hydrogens (tertiary/aromatic N) is 1. The Morgan fingerprint density at radius 2 is 2.27 bits per heavy atom. The van der Waals surface area contributed by atoms with Crippen molar-refractivity contribution in [2.75, 3.05) is 0 Å². The zero-order valence-electron chi connectivity index (χ0n) is 7.62. The first-order chi connectivity index (χ1) is 6.92. The fraction of sp³-hybridized carbons (Fsp3) is 0.375. The maximum Gasteiger partial charge on any atom is 0.393 e. The summed E-state index contributed by atoms with van der Waals surface area (Å²) in [4.78, 5) is 0. The second-order valence-corrected chi connectivity index (χ2v) is 3.04. The first kappa shape index (κ1) is 11.4. The van der Waals surface area contributed by atoms with E-state index in [1.807, 2.05) is 0 Å². The fourth-order valence-electron chi connectivity index (χ4n) is 1.16. The summed E-state index contributed by atoms with van der Waals surface area (Å²) in [5, 5.41) is 13.7. The molecule has 1 heterocycles. The molecule has 0 bridgehead atoms. The standard InChI is InChI=1S/C8H10F3N3O/c9-8(10,11)4-5-1-2-13-6(3-5)7(12)14-15/h1-3,6,13,15H,4H2,(H2,12,14). The van der Waals surface area contributed by atoms with Crippen LogP contribution < -0.4 is 11.1 Å².